The normalized spacial score (nSPS) is 12.2. The summed E-state index contributed by atoms with van der Waals surface area (Å²) in [4.78, 5) is 15.1. The van der Waals surface area contributed by atoms with Crippen molar-refractivity contribution in [1.82, 2.24) is 4.98 Å². The fourth-order valence-corrected chi connectivity index (χ4v) is 1.76. The maximum absolute atomic E-state index is 12.6. The number of alkyl halides is 3. The number of benzene rings is 1. The Balaban J connectivity index is 2.47. The maximum atomic E-state index is 12.6. The number of pyridine rings is 1. The lowest BCUT2D eigenvalue weighted by Gasteiger charge is -2.07. The zero-order valence-electron chi connectivity index (χ0n) is 10.6. The number of nitrogens with zero attached hydrogens (tertiary/aromatic N) is 1. The summed E-state index contributed by atoms with van der Waals surface area (Å²) in [5.74, 6) is -1.24. The highest BCUT2D eigenvalue weighted by atomic mass is 19.4. The first-order valence-corrected chi connectivity index (χ1v) is 5.90. The summed E-state index contributed by atoms with van der Waals surface area (Å²) in [5.41, 5.74) is -0.469. The summed E-state index contributed by atoms with van der Waals surface area (Å²) in [5, 5.41) is 9.20. The number of hydrogen-bond acceptors (Lipinski definition) is 2. The van der Waals surface area contributed by atoms with Crippen molar-refractivity contribution < 1.29 is 23.1 Å². The predicted octanol–water partition coefficient (Wildman–Crippen LogP) is 3.73. The van der Waals surface area contributed by atoms with E-state index in [1.54, 1.807) is 6.07 Å². The second kappa shape index (κ2) is 5.78. The summed E-state index contributed by atoms with van der Waals surface area (Å²) >= 11 is 0. The van der Waals surface area contributed by atoms with Crippen LogP contribution in [0, 0.1) is 0 Å². The molecule has 0 saturated carbocycles. The van der Waals surface area contributed by atoms with Crippen molar-refractivity contribution in [2.24, 2.45) is 0 Å². The molecule has 0 aliphatic rings. The predicted molar refractivity (Wildman–Crippen MR) is 71.2 cm³/mol. The maximum Gasteiger partial charge on any atom is 0.416 e. The first-order valence-electron chi connectivity index (χ1n) is 5.90. The van der Waals surface area contributed by atoms with Gasteiger partial charge in [0.1, 0.15) is 0 Å². The van der Waals surface area contributed by atoms with Gasteiger partial charge in [-0.2, -0.15) is 13.2 Å². The lowest BCUT2D eigenvalue weighted by atomic mass is 10.0. The van der Waals surface area contributed by atoms with E-state index in [9.17, 15) is 23.1 Å². The van der Waals surface area contributed by atoms with Gasteiger partial charge in [-0.05, 0) is 29.8 Å². The van der Waals surface area contributed by atoms with Crippen LogP contribution in [0.15, 0.2) is 48.8 Å². The average Bonchev–Trinajstić information content (AvgIpc) is 2.45. The Morgan fingerprint density at radius 3 is 2.52 bits per heavy atom. The molecule has 0 amide bonds. The molecule has 2 aromatic rings. The van der Waals surface area contributed by atoms with E-state index in [2.05, 4.69) is 4.98 Å². The number of carboxylic acids is 1. The van der Waals surface area contributed by atoms with Gasteiger partial charge in [-0.1, -0.05) is 18.2 Å². The summed E-state index contributed by atoms with van der Waals surface area (Å²) in [6, 6.07) is 7.56. The molecule has 0 unspecified atom stereocenters. The fourth-order valence-electron chi connectivity index (χ4n) is 1.76. The Bertz CT molecular complexity index is 679. The van der Waals surface area contributed by atoms with E-state index in [0.717, 1.165) is 12.1 Å². The summed E-state index contributed by atoms with van der Waals surface area (Å²) in [6.45, 7) is 0. The Morgan fingerprint density at radius 1 is 1.19 bits per heavy atom. The SMILES string of the molecule is O=C(O)C(=Cc1cccc(C(F)(F)F)c1)c1cccnc1. The van der Waals surface area contributed by atoms with Crippen LogP contribution in [0.1, 0.15) is 16.7 Å². The molecule has 0 spiro atoms. The monoisotopic (exact) mass is 293 g/mol. The minimum absolute atomic E-state index is 0.123. The number of carbonyl (C=O) groups is 1. The van der Waals surface area contributed by atoms with Crippen molar-refractivity contribution in [3.8, 4) is 0 Å². The molecular formula is C15H10F3NO2. The number of halogens is 3. The molecule has 1 aromatic heterocycles. The van der Waals surface area contributed by atoms with E-state index in [4.69, 9.17) is 0 Å². The molecule has 0 fully saturated rings. The van der Waals surface area contributed by atoms with Gasteiger partial charge in [-0.25, -0.2) is 4.79 Å². The van der Waals surface area contributed by atoms with E-state index in [1.807, 2.05) is 0 Å². The molecule has 0 saturated heterocycles. The Hall–Kier alpha value is -2.63. The van der Waals surface area contributed by atoms with Crippen molar-refractivity contribution in [2.75, 3.05) is 0 Å². The molecule has 1 N–H and O–H groups in total. The Labute approximate surface area is 118 Å². The van der Waals surface area contributed by atoms with Crippen LogP contribution < -0.4 is 0 Å². The Kier molecular flexibility index (Phi) is 4.07. The molecule has 108 valence electrons. The third-order valence-electron chi connectivity index (χ3n) is 2.73. The quantitative estimate of drug-likeness (QED) is 0.877. The van der Waals surface area contributed by atoms with Crippen LogP contribution in [0.25, 0.3) is 11.6 Å². The smallest absolute Gasteiger partial charge is 0.416 e. The van der Waals surface area contributed by atoms with E-state index in [-0.39, 0.29) is 11.1 Å². The van der Waals surface area contributed by atoms with Crippen molar-refractivity contribution in [3.05, 3.63) is 65.5 Å². The number of carboxylic acid groups (broad SMARTS) is 1. The largest absolute Gasteiger partial charge is 0.478 e. The van der Waals surface area contributed by atoms with E-state index >= 15 is 0 Å². The highest BCUT2D eigenvalue weighted by molar-refractivity contribution is 6.20. The van der Waals surface area contributed by atoms with E-state index in [1.165, 1.54) is 36.7 Å². The van der Waals surface area contributed by atoms with Crippen LogP contribution >= 0.6 is 0 Å². The van der Waals surface area contributed by atoms with Gasteiger partial charge in [0.15, 0.2) is 0 Å². The summed E-state index contributed by atoms with van der Waals surface area (Å²) in [7, 11) is 0. The topological polar surface area (TPSA) is 50.2 Å². The van der Waals surface area contributed by atoms with Crippen LogP contribution in [0.5, 0.6) is 0 Å². The van der Waals surface area contributed by atoms with Gasteiger partial charge in [0.25, 0.3) is 0 Å². The highest BCUT2D eigenvalue weighted by Crippen LogP contribution is 2.30. The van der Waals surface area contributed by atoms with Crippen LogP contribution in [0.4, 0.5) is 13.2 Å². The zero-order chi connectivity index (χ0) is 15.5. The number of rotatable bonds is 3. The zero-order valence-corrected chi connectivity index (χ0v) is 10.6. The lowest BCUT2D eigenvalue weighted by molar-refractivity contribution is -0.137. The van der Waals surface area contributed by atoms with Crippen molar-refractivity contribution in [3.63, 3.8) is 0 Å². The molecule has 2 rings (SSSR count). The lowest BCUT2D eigenvalue weighted by Crippen LogP contribution is -2.05. The molecule has 1 heterocycles. The molecule has 0 radical (unpaired) electrons. The second-order valence-corrected chi connectivity index (χ2v) is 4.23. The van der Waals surface area contributed by atoms with Crippen LogP contribution in [0.3, 0.4) is 0 Å². The van der Waals surface area contributed by atoms with Gasteiger partial charge >= 0.3 is 12.1 Å². The Morgan fingerprint density at radius 2 is 1.95 bits per heavy atom. The van der Waals surface area contributed by atoms with Crippen LogP contribution in [0.2, 0.25) is 0 Å². The molecule has 0 bridgehead atoms. The first-order chi connectivity index (χ1) is 9.88. The van der Waals surface area contributed by atoms with Crippen molar-refractivity contribution >= 4 is 17.6 Å². The third kappa shape index (κ3) is 3.68. The van der Waals surface area contributed by atoms with Gasteiger partial charge in [0.05, 0.1) is 11.1 Å². The number of aliphatic carboxylic acids is 1. The van der Waals surface area contributed by atoms with E-state index in [0.29, 0.717) is 5.56 Å². The molecule has 21 heavy (non-hydrogen) atoms. The molecule has 0 aliphatic heterocycles. The standard InChI is InChI=1S/C15H10F3NO2/c16-15(17,18)12-5-1-3-10(7-12)8-13(14(20)21)11-4-2-6-19-9-11/h1-9H,(H,20,21). The van der Waals surface area contributed by atoms with Crippen molar-refractivity contribution in [2.45, 2.75) is 6.18 Å². The molecule has 0 aliphatic carbocycles. The first kappa shape index (κ1) is 14.8. The second-order valence-electron chi connectivity index (χ2n) is 4.23. The molecule has 1 aromatic carbocycles. The third-order valence-corrected chi connectivity index (χ3v) is 2.73. The summed E-state index contributed by atoms with van der Waals surface area (Å²) < 4.78 is 37.9. The van der Waals surface area contributed by atoms with Gasteiger partial charge in [-0.15, -0.1) is 0 Å². The molecule has 6 heteroatoms. The minimum Gasteiger partial charge on any atom is -0.478 e. The van der Waals surface area contributed by atoms with E-state index < -0.39 is 17.7 Å². The van der Waals surface area contributed by atoms with Crippen molar-refractivity contribution in [1.29, 1.82) is 0 Å². The van der Waals surface area contributed by atoms with Gasteiger partial charge < -0.3 is 5.11 Å². The molecular weight excluding hydrogens is 283 g/mol. The minimum atomic E-state index is -4.47. The number of aromatic nitrogens is 1. The highest BCUT2D eigenvalue weighted by Gasteiger charge is 2.30. The molecule has 0 atom stereocenters. The van der Waals surface area contributed by atoms with Gasteiger partial charge in [-0.3, -0.25) is 4.98 Å². The summed E-state index contributed by atoms with van der Waals surface area (Å²) in [6.07, 6.45) is -0.461. The van der Waals surface area contributed by atoms with Crippen LogP contribution in [-0.4, -0.2) is 16.1 Å². The number of hydrogen-bond donors (Lipinski definition) is 1. The molecule has 3 nitrogen and oxygen atoms in total. The fraction of sp³-hybridized carbons (Fsp3) is 0.0667. The average molecular weight is 293 g/mol. The van der Waals surface area contributed by atoms with Crippen LogP contribution in [-0.2, 0) is 11.0 Å². The van der Waals surface area contributed by atoms with Gasteiger partial charge in [0, 0.05) is 18.0 Å². The van der Waals surface area contributed by atoms with Gasteiger partial charge in [0.2, 0.25) is 0 Å².